The molecule has 0 radical (unpaired) electrons. The first-order valence-corrected chi connectivity index (χ1v) is 7.40. The van der Waals surface area contributed by atoms with Crippen molar-refractivity contribution >= 4 is 0 Å². The summed E-state index contributed by atoms with van der Waals surface area (Å²) in [5.74, 6) is 0.962. The first-order chi connectivity index (χ1) is 9.38. The van der Waals surface area contributed by atoms with E-state index in [1.54, 1.807) is 7.11 Å². The fraction of sp³-hybridized carbons (Fsp3) is 0.647. The van der Waals surface area contributed by atoms with Gasteiger partial charge in [0.1, 0.15) is 5.75 Å². The Hall–Kier alpha value is -1.06. The molecule has 1 unspecified atom stereocenters. The zero-order valence-corrected chi connectivity index (χ0v) is 14.0. The maximum absolute atomic E-state index is 5.95. The van der Waals surface area contributed by atoms with Gasteiger partial charge in [-0.2, -0.15) is 0 Å². The summed E-state index contributed by atoms with van der Waals surface area (Å²) < 4.78 is 11.6. The SMILES string of the molecule is CCNC(c1ccc(C)c(C)c1OC)C(C)(C)OCC. The van der Waals surface area contributed by atoms with Gasteiger partial charge in [0.05, 0.1) is 18.8 Å². The lowest BCUT2D eigenvalue weighted by atomic mass is 9.88. The van der Waals surface area contributed by atoms with Crippen LogP contribution in [0.4, 0.5) is 0 Å². The summed E-state index contributed by atoms with van der Waals surface area (Å²) in [5, 5.41) is 3.54. The summed E-state index contributed by atoms with van der Waals surface area (Å²) in [4.78, 5) is 0. The van der Waals surface area contributed by atoms with Crippen molar-refractivity contribution in [2.45, 2.75) is 53.2 Å². The minimum absolute atomic E-state index is 0.0988. The first kappa shape index (κ1) is 17.0. The lowest BCUT2D eigenvalue weighted by Gasteiger charge is -2.36. The van der Waals surface area contributed by atoms with Crippen LogP contribution >= 0.6 is 0 Å². The topological polar surface area (TPSA) is 30.5 Å². The number of methoxy groups -OCH3 is 1. The molecule has 1 aromatic carbocycles. The third-order valence-corrected chi connectivity index (χ3v) is 3.84. The van der Waals surface area contributed by atoms with Crippen LogP contribution in [0.5, 0.6) is 5.75 Å². The maximum Gasteiger partial charge on any atom is 0.126 e. The van der Waals surface area contributed by atoms with E-state index < -0.39 is 0 Å². The van der Waals surface area contributed by atoms with Gasteiger partial charge in [-0.3, -0.25) is 0 Å². The number of rotatable bonds is 7. The normalized spacial score (nSPS) is 13.3. The average molecular weight is 279 g/mol. The molecule has 0 aliphatic rings. The van der Waals surface area contributed by atoms with Gasteiger partial charge in [0, 0.05) is 12.2 Å². The minimum atomic E-state index is -0.292. The van der Waals surface area contributed by atoms with Crippen molar-refractivity contribution in [3.63, 3.8) is 0 Å². The molecule has 0 fully saturated rings. The highest BCUT2D eigenvalue weighted by molar-refractivity contribution is 5.47. The molecule has 0 aromatic heterocycles. The number of nitrogens with one attached hydrogen (secondary N) is 1. The van der Waals surface area contributed by atoms with Crippen LogP contribution in [0.2, 0.25) is 0 Å². The molecule has 20 heavy (non-hydrogen) atoms. The molecule has 0 bridgehead atoms. The Morgan fingerprint density at radius 2 is 1.85 bits per heavy atom. The molecule has 0 aliphatic carbocycles. The average Bonchev–Trinajstić information content (AvgIpc) is 2.39. The Balaban J connectivity index is 3.32. The number of likely N-dealkylation sites (N-methyl/N-ethyl adjacent to an activating group) is 1. The fourth-order valence-corrected chi connectivity index (χ4v) is 2.70. The van der Waals surface area contributed by atoms with Crippen molar-refractivity contribution in [3.8, 4) is 5.75 Å². The zero-order chi connectivity index (χ0) is 15.3. The van der Waals surface area contributed by atoms with Crippen LogP contribution in [0.15, 0.2) is 12.1 Å². The van der Waals surface area contributed by atoms with Gasteiger partial charge < -0.3 is 14.8 Å². The molecule has 1 rings (SSSR count). The second-order valence-corrected chi connectivity index (χ2v) is 5.66. The van der Waals surface area contributed by atoms with Crippen LogP contribution in [-0.4, -0.2) is 25.9 Å². The molecule has 0 amide bonds. The number of benzene rings is 1. The van der Waals surface area contributed by atoms with E-state index in [9.17, 15) is 0 Å². The van der Waals surface area contributed by atoms with Crippen LogP contribution < -0.4 is 10.1 Å². The number of hydrogen-bond donors (Lipinski definition) is 1. The van der Waals surface area contributed by atoms with Gasteiger partial charge in [0.15, 0.2) is 0 Å². The standard InChI is InChI=1S/C17H29NO2/c1-8-18-16(17(5,6)20-9-2)14-11-10-12(3)13(4)15(14)19-7/h10-11,16,18H,8-9H2,1-7H3. The lowest BCUT2D eigenvalue weighted by molar-refractivity contribution is -0.0393. The van der Waals surface area contributed by atoms with E-state index in [0.29, 0.717) is 6.61 Å². The van der Waals surface area contributed by atoms with Crippen LogP contribution in [0, 0.1) is 13.8 Å². The summed E-state index contributed by atoms with van der Waals surface area (Å²) in [7, 11) is 1.74. The van der Waals surface area contributed by atoms with E-state index in [0.717, 1.165) is 17.9 Å². The second-order valence-electron chi connectivity index (χ2n) is 5.66. The third-order valence-electron chi connectivity index (χ3n) is 3.84. The molecular weight excluding hydrogens is 250 g/mol. The van der Waals surface area contributed by atoms with Gasteiger partial charge in [0.25, 0.3) is 0 Å². The van der Waals surface area contributed by atoms with Crippen molar-refractivity contribution in [1.29, 1.82) is 0 Å². The number of hydrogen-bond acceptors (Lipinski definition) is 3. The molecule has 0 saturated heterocycles. The predicted octanol–water partition coefficient (Wildman–Crippen LogP) is 3.78. The van der Waals surface area contributed by atoms with Crippen molar-refractivity contribution in [2.75, 3.05) is 20.3 Å². The number of ether oxygens (including phenoxy) is 2. The summed E-state index contributed by atoms with van der Waals surface area (Å²) in [6, 6.07) is 4.40. The highest BCUT2D eigenvalue weighted by Gasteiger charge is 2.33. The predicted molar refractivity (Wildman–Crippen MR) is 84.6 cm³/mol. The zero-order valence-electron chi connectivity index (χ0n) is 14.0. The summed E-state index contributed by atoms with van der Waals surface area (Å²) in [6.45, 7) is 14.2. The Morgan fingerprint density at radius 1 is 1.20 bits per heavy atom. The van der Waals surface area contributed by atoms with Crippen molar-refractivity contribution in [2.24, 2.45) is 0 Å². The monoisotopic (exact) mass is 279 g/mol. The molecule has 0 spiro atoms. The van der Waals surface area contributed by atoms with Gasteiger partial charge in [-0.25, -0.2) is 0 Å². The molecule has 0 heterocycles. The quantitative estimate of drug-likeness (QED) is 0.824. The Kier molecular flexibility index (Phi) is 6.03. The number of aryl methyl sites for hydroxylation is 1. The van der Waals surface area contributed by atoms with E-state index in [1.165, 1.54) is 11.1 Å². The Morgan fingerprint density at radius 3 is 2.35 bits per heavy atom. The van der Waals surface area contributed by atoms with Crippen LogP contribution in [0.25, 0.3) is 0 Å². The molecule has 3 nitrogen and oxygen atoms in total. The highest BCUT2D eigenvalue weighted by Crippen LogP contribution is 2.37. The molecule has 1 aromatic rings. The Bertz CT molecular complexity index is 441. The molecule has 3 heteroatoms. The second kappa shape index (κ2) is 7.09. The van der Waals surface area contributed by atoms with Crippen molar-refractivity contribution < 1.29 is 9.47 Å². The molecule has 1 atom stereocenters. The maximum atomic E-state index is 5.95. The van der Waals surface area contributed by atoms with Gasteiger partial charge >= 0.3 is 0 Å². The largest absolute Gasteiger partial charge is 0.496 e. The first-order valence-electron chi connectivity index (χ1n) is 7.40. The van der Waals surface area contributed by atoms with Crippen molar-refractivity contribution in [3.05, 3.63) is 28.8 Å². The van der Waals surface area contributed by atoms with Gasteiger partial charge in [-0.15, -0.1) is 0 Å². The van der Waals surface area contributed by atoms with Crippen LogP contribution in [0.3, 0.4) is 0 Å². The third kappa shape index (κ3) is 3.53. The van der Waals surface area contributed by atoms with Crippen molar-refractivity contribution in [1.82, 2.24) is 5.32 Å². The van der Waals surface area contributed by atoms with Gasteiger partial charge in [0.2, 0.25) is 0 Å². The highest BCUT2D eigenvalue weighted by atomic mass is 16.5. The van der Waals surface area contributed by atoms with E-state index in [-0.39, 0.29) is 11.6 Å². The summed E-state index contributed by atoms with van der Waals surface area (Å²) in [6.07, 6.45) is 0. The van der Waals surface area contributed by atoms with Gasteiger partial charge in [-0.05, 0) is 52.3 Å². The molecular formula is C17H29NO2. The molecule has 1 N–H and O–H groups in total. The molecule has 0 saturated carbocycles. The fourth-order valence-electron chi connectivity index (χ4n) is 2.70. The summed E-state index contributed by atoms with van der Waals surface area (Å²) in [5.41, 5.74) is 3.31. The van der Waals surface area contributed by atoms with E-state index in [1.807, 2.05) is 6.92 Å². The van der Waals surface area contributed by atoms with E-state index in [4.69, 9.17) is 9.47 Å². The summed E-state index contributed by atoms with van der Waals surface area (Å²) >= 11 is 0. The van der Waals surface area contributed by atoms with Gasteiger partial charge in [-0.1, -0.05) is 19.1 Å². The lowest BCUT2D eigenvalue weighted by Crippen LogP contribution is -2.41. The van der Waals surface area contributed by atoms with Crippen LogP contribution in [-0.2, 0) is 4.74 Å². The Labute approximate surface area is 123 Å². The smallest absolute Gasteiger partial charge is 0.126 e. The van der Waals surface area contributed by atoms with Crippen LogP contribution in [0.1, 0.15) is 50.4 Å². The molecule has 0 aliphatic heterocycles. The van der Waals surface area contributed by atoms with E-state index in [2.05, 4.69) is 52.1 Å². The van der Waals surface area contributed by atoms with E-state index >= 15 is 0 Å². The minimum Gasteiger partial charge on any atom is -0.496 e. The molecule has 114 valence electrons.